The summed E-state index contributed by atoms with van der Waals surface area (Å²) in [6.07, 6.45) is -0.130. The van der Waals surface area contributed by atoms with E-state index in [1.807, 2.05) is 0 Å². The number of amides is 1. The van der Waals surface area contributed by atoms with Crippen LogP contribution in [0.3, 0.4) is 0 Å². The first-order chi connectivity index (χ1) is 6.63. The van der Waals surface area contributed by atoms with Crippen LogP contribution in [0.25, 0.3) is 0 Å². The summed E-state index contributed by atoms with van der Waals surface area (Å²) in [7, 11) is 0. The third-order valence-corrected chi connectivity index (χ3v) is 2.24. The number of carbonyl (C=O) groups excluding carboxylic acids is 1. The Morgan fingerprint density at radius 1 is 1.79 bits per heavy atom. The molecule has 0 bridgehead atoms. The number of aliphatic hydroxyl groups excluding tert-OH is 1. The highest BCUT2D eigenvalue weighted by Gasteiger charge is 2.28. The van der Waals surface area contributed by atoms with Gasteiger partial charge in [-0.1, -0.05) is 12.2 Å². The van der Waals surface area contributed by atoms with Crippen LogP contribution in [0.4, 0.5) is 0 Å². The van der Waals surface area contributed by atoms with E-state index >= 15 is 0 Å². The Morgan fingerprint density at radius 2 is 2.50 bits per heavy atom. The fourth-order valence-electron chi connectivity index (χ4n) is 1.37. The zero-order valence-electron chi connectivity index (χ0n) is 7.99. The predicted octanol–water partition coefficient (Wildman–Crippen LogP) is -1.28. The number of rotatable bonds is 4. The van der Waals surface area contributed by atoms with Gasteiger partial charge in [0, 0.05) is 6.54 Å². The Hall–Kier alpha value is -0.720. The molecule has 0 aromatic rings. The monoisotopic (exact) mass is 217 g/mol. The molecule has 0 radical (unpaired) electrons. The first kappa shape index (κ1) is 11.4. The molecule has 6 heteroatoms. The summed E-state index contributed by atoms with van der Waals surface area (Å²) < 4.78 is 0. The average molecular weight is 217 g/mol. The molecule has 80 valence electrons. The van der Waals surface area contributed by atoms with Crippen molar-refractivity contribution in [1.82, 2.24) is 16.0 Å². The van der Waals surface area contributed by atoms with Crippen LogP contribution in [0.5, 0.6) is 0 Å². The number of carbonyl (C=O) groups is 1. The van der Waals surface area contributed by atoms with Gasteiger partial charge < -0.3 is 21.1 Å². The van der Waals surface area contributed by atoms with Gasteiger partial charge in [0.15, 0.2) is 0 Å². The minimum Gasteiger partial charge on any atom is -0.392 e. The summed E-state index contributed by atoms with van der Waals surface area (Å²) in [4.78, 5) is 11.5. The summed E-state index contributed by atoms with van der Waals surface area (Å²) in [6, 6.07) is -0.292. The molecule has 1 heterocycles. The van der Waals surface area contributed by atoms with Gasteiger partial charge in [-0.15, -0.1) is 0 Å². The number of β-amino-alcohol motifs (C(OH)–C–C–N with tert-alkyl or cyclic N) is 1. The van der Waals surface area contributed by atoms with Crippen LogP contribution in [-0.4, -0.2) is 41.4 Å². The smallest absolute Gasteiger partial charge is 0.238 e. The molecule has 14 heavy (non-hydrogen) atoms. The lowest BCUT2D eigenvalue weighted by Gasteiger charge is -2.16. The fraction of sp³-hybridized carbons (Fsp3) is 0.750. The quantitative estimate of drug-likeness (QED) is 0.349. The van der Waals surface area contributed by atoms with Crippen LogP contribution in [0.2, 0.25) is 0 Å². The van der Waals surface area contributed by atoms with Crippen molar-refractivity contribution in [2.45, 2.75) is 31.7 Å². The number of hydrogen-bond acceptors (Lipinski definition) is 4. The Kier molecular flexibility index (Phi) is 4.24. The number of thiocarbonyl (C=S) groups is 1. The van der Waals surface area contributed by atoms with Crippen molar-refractivity contribution >= 4 is 23.6 Å². The minimum absolute atomic E-state index is 0.113. The molecule has 0 aliphatic carbocycles. The van der Waals surface area contributed by atoms with E-state index in [4.69, 9.17) is 0 Å². The molecule has 0 aromatic carbocycles. The van der Waals surface area contributed by atoms with Crippen LogP contribution in [0.15, 0.2) is 0 Å². The minimum atomic E-state index is -0.417. The van der Waals surface area contributed by atoms with Crippen LogP contribution < -0.4 is 16.0 Å². The molecule has 1 fully saturated rings. The zero-order valence-corrected chi connectivity index (χ0v) is 8.80. The number of nitrogens with one attached hydrogen (secondary N) is 3. The lowest BCUT2D eigenvalue weighted by molar-refractivity contribution is -0.123. The molecule has 1 aliphatic rings. The van der Waals surface area contributed by atoms with E-state index in [1.165, 1.54) is 5.49 Å². The van der Waals surface area contributed by atoms with E-state index in [2.05, 4.69) is 28.2 Å². The van der Waals surface area contributed by atoms with Crippen LogP contribution in [0, 0.1) is 0 Å². The van der Waals surface area contributed by atoms with E-state index in [0.717, 1.165) is 0 Å². The second-order valence-electron chi connectivity index (χ2n) is 3.37. The third kappa shape index (κ3) is 3.21. The Morgan fingerprint density at radius 3 is 3.00 bits per heavy atom. The van der Waals surface area contributed by atoms with Gasteiger partial charge >= 0.3 is 0 Å². The van der Waals surface area contributed by atoms with Gasteiger partial charge in [-0.25, -0.2) is 0 Å². The molecule has 0 saturated carbocycles. The van der Waals surface area contributed by atoms with E-state index in [0.29, 0.717) is 13.0 Å². The first-order valence-corrected chi connectivity index (χ1v) is 5.02. The molecule has 5 nitrogen and oxygen atoms in total. The summed E-state index contributed by atoms with van der Waals surface area (Å²) in [6.45, 7) is 2.28. The fourth-order valence-corrected chi connectivity index (χ4v) is 1.58. The largest absolute Gasteiger partial charge is 0.392 e. The summed E-state index contributed by atoms with van der Waals surface area (Å²) in [5.74, 6) is -0.113. The van der Waals surface area contributed by atoms with Crippen molar-refractivity contribution < 1.29 is 9.90 Å². The number of hydrogen-bond donors (Lipinski definition) is 4. The summed E-state index contributed by atoms with van der Waals surface area (Å²) >= 11 is 4.59. The highest BCUT2D eigenvalue weighted by atomic mass is 32.1. The highest BCUT2D eigenvalue weighted by Crippen LogP contribution is 2.05. The van der Waals surface area contributed by atoms with Gasteiger partial charge in [-0.2, -0.15) is 0 Å². The molecule has 0 aromatic heterocycles. The van der Waals surface area contributed by atoms with Gasteiger partial charge in [0.2, 0.25) is 5.91 Å². The average Bonchev–Trinajstić information content (AvgIpc) is 2.52. The molecule has 3 atom stereocenters. The topological polar surface area (TPSA) is 73.4 Å². The van der Waals surface area contributed by atoms with Gasteiger partial charge in [0.05, 0.1) is 23.8 Å². The molecule has 1 amide bonds. The van der Waals surface area contributed by atoms with Crippen molar-refractivity contribution in [3.05, 3.63) is 0 Å². The van der Waals surface area contributed by atoms with Crippen LogP contribution >= 0.6 is 12.2 Å². The third-order valence-electron chi connectivity index (χ3n) is 2.10. The van der Waals surface area contributed by atoms with E-state index in [9.17, 15) is 9.90 Å². The molecule has 1 unspecified atom stereocenters. The van der Waals surface area contributed by atoms with Gasteiger partial charge in [-0.3, -0.25) is 4.79 Å². The number of aliphatic hydroxyl groups is 1. The van der Waals surface area contributed by atoms with Gasteiger partial charge in [-0.05, 0) is 13.3 Å². The first-order valence-electron chi connectivity index (χ1n) is 4.55. The maximum Gasteiger partial charge on any atom is 0.238 e. The van der Waals surface area contributed by atoms with Crippen molar-refractivity contribution in [2.75, 3.05) is 6.54 Å². The molecule has 4 N–H and O–H groups in total. The molecular formula is C8H15N3O2S. The summed E-state index contributed by atoms with van der Waals surface area (Å²) in [5, 5.41) is 17.6. The second-order valence-corrected chi connectivity index (χ2v) is 3.60. The van der Waals surface area contributed by atoms with Crippen molar-refractivity contribution in [2.24, 2.45) is 0 Å². The Bertz CT molecular complexity index is 225. The normalized spacial score (nSPS) is 28.1. The SMILES string of the molecule is CC(NC=S)NC(=O)[C@@H]1C[C@@H](O)CN1. The van der Waals surface area contributed by atoms with E-state index < -0.39 is 6.10 Å². The summed E-state index contributed by atoms with van der Waals surface area (Å²) in [5.41, 5.74) is 1.36. The van der Waals surface area contributed by atoms with Gasteiger partial charge in [0.1, 0.15) is 0 Å². The molecule has 0 spiro atoms. The van der Waals surface area contributed by atoms with Crippen LogP contribution in [0.1, 0.15) is 13.3 Å². The Labute approximate surface area is 88.3 Å². The predicted molar refractivity (Wildman–Crippen MR) is 56.8 cm³/mol. The standard InChI is InChI=1S/C8H15N3O2S/c1-5(10-4-14)11-8(13)7-2-6(12)3-9-7/h4-7,9,12H,2-3H2,1H3,(H,10,14)(H,11,13)/t5?,6-,7+/m1/s1. The second kappa shape index (κ2) is 5.23. The molecular weight excluding hydrogens is 202 g/mol. The van der Waals surface area contributed by atoms with Crippen molar-refractivity contribution in [3.8, 4) is 0 Å². The maximum absolute atomic E-state index is 11.5. The molecule has 1 saturated heterocycles. The van der Waals surface area contributed by atoms with Crippen molar-refractivity contribution in [3.63, 3.8) is 0 Å². The van der Waals surface area contributed by atoms with Gasteiger partial charge in [0.25, 0.3) is 0 Å². The van der Waals surface area contributed by atoms with Crippen molar-refractivity contribution in [1.29, 1.82) is 0 Å². The van der Waals surface area contributed by atoms with Crippen LogP contribution in [-0.2, 0) is 4.79 Å². The molecule has 1 aliphatic heterocycles. The Balaban J connectivity index is 2.31. The van der Waals surface area contributed by atoms with E-state index in [-0.39, 0.29) is 18.1 Å². The maximum atomic E-state index is 11.5. The lowest BCUT2D eigenvalue weighted by atomic mass is 10.2. The zero-order chi connectivity index (χ0) is 10.6. The molecule has 1 rings (SSSR count). The van der Waals surface area contributed by atoms with E-state index in [1.54, 1.807) is 6.92 Å². The lowest BCUT2D eigenvalue weighted by Crippen LogP contribution is -2.49. The highest BCUT2D eigenvalue weighted by molar-refractivity contribution is 7.78.